The number of imide groups is 2. The van der Waals surface area contributed by atoms with Gasteiger partial charge < -0.3 is 15.6 Å². The lowest BCUT2D eigenvalue weighted by molar-refractivity contribution is -0.269. The standard InChI is InChI=1S/C13H20N2O3.C10H17NO.C8H10N2O3/c1-12(2)7-9(8-13(3,4)15(12)18)14-10(16)5-6-11(14)17;1-10-5-7-2-8(6-10)4-9(3-7)11(10)12;11-7-1-2-8(12)10(7)6-3-4-9(13)5-6/h5-6,9,18H,7-8H2,1-4H3;7-9,12H,2-6H2,1H3;1-2,6,13H,3-5H2. The van der Waals surface area contributed by atoms with E-state index in [-0.39, 0.29) is 41.3 Å². The van der Waals surface area contributed by atoms with E-state index in [0.29, 0.717) is 38.4 Å². The largest absolute Gasteiger partial charge is 0.314 e. The molecule has 238 valence electrons. The summed E-state index contributed by atoms with van der Waals surface area (Å²) in [7, 11) is 0. The van der Waals surface area contributed by atoms with Crippen molar-refractivity contribution in [1.29, 1.82) is 0 Å². The van der Waals surface area contributed by atoms with Gasteiger partial charge in [0.15, 0.2) is 0 Å². The van der Waals surface area contributed by atoms with Gasteiger partial charge in [0.25, 0.3) is 23.6 Å². The molecule has 6 fully saturated rings. The van der Waals surface area contributed by atoms with Crippen LogP contribution < -0.4 is 0 Å². The van der Waals surface area contributed by atoms with Crippen molar-refractivity contribution >= 4 is 23.6 Å². The van der Waals surface area contributed by atoms with E-state index in [9.17, 15) is 29.6 Å². The van der Waals surface area contributed by atoms with Crippen LogP contribution in [-0.4, -0.2) is 112 Å². The summed E-state index contributed by atoms with van der Waals surface area (Å²) in [6.07, 6.45) is 13.4. The number of hydrogen-bond acceptors (Lipinski definition) is 10. The molecule has 8 rings (SSSR count). The molecule has 6 aliphatic heterocycles. The average Bonchev–Trinajstić information content (AvgIpc) is 3.58. The first-order valence-electron chi connectivity index (χ1n) is 15.5. The maximum Gasteiger partial charge on any atom is 0.253 e. The van der Waals surface area contributed by atoms with Gasteiger partial charge in [0, 0.05) is 66.1 Å². The zero-order valence-electron chi connectivity index (χ0n) is 26.0. The highest BCUT2D eigenvalue weighted by atomic mass is 16.5. The monoisotopic (exact) mass is 601 g/mol. The Kier molecular flexibility index (Phi) is 8.51. The molecular weight excluding hydrogens is 554 g/mol. The van der Waals surface area contributed by atoms with Gasteiger partial charge in [0.05, 0.1) is 6.04 Å². The number of carbonyl (C=O) groups excluding carboxylic acids is 4. The minimum absolute atomic E-state index is 0.148. The number of carbonyl (C=O) groups is 4. The quantitative estimate of drug-likeness (QED) is 0.404. The lowest BCUT2D eigenvalue weighted by Crippen LogP contribution is -2.63. The zero-order valence-corrected chi connectivity index (χ0v) is 26.0. The fourth-order valence-corrected chi connectivity index (χ4v) is 8.90. The lowest BCUT2D eigenvalue weighted by Gasteiger charge is -2.59. The number of rotatable bonds is 2. The highest BCUT2D eigenvalue weighted by Gasteiger charge is 2.53. The summed E-state index contributed by atoms with van der Waals surface area (Å²) < 4.78 is 0. The Bertz CT molecular complexity index is 1150. The van der Waals surface area contributed by atoms with Crippen molar-refractivity contribution in [3.8, 4) is 0 Å². The third-order valence-electron chi connectivity index (χ3n) is 10.4. The molecule has 0 aromatic rings. The summed E-state index contributed by atoms with van der Waals surface area (Å²) in [5.41, 5.74) is -0.778. The zero-order chi connectivity index (χ0) is 31.5. The molecule has 12 nitrogen and oxygen atoms in total. The number of piperidine rings is 3. The van der Waals surface area contributed by atoms with Crippen LogP contribution in [0.5, 0.6) is 0 Å². The Morgan fingerprint density at radius 1 is 0.628 bits per heavy atom. The maximum atomic E-state index is 11.7. The normalized spacial score (nSPS) is 36.8. The molecule has 8 aliphatic rings. The summed E-state index contributed by atoms with van der Waals surface area (Å²) in [5, 5.41) is 33.4. The predicted molar refractivity (Wildman–Crippen MR) is 154 cm³/mol. The molecule has 2 saturated carbocycles. The van der Waals surface area contributed by atoms with Gasteiger partial charge in [-0.25, -0.2) is 0 Å². The second-order valence-corrected chi connectivity index (χ2v) is 15.0. The minimum Gasteiger partial charge on any atom is -0.314 e. The predicted octanol–water partition coefficient (Wildman–Crippen LogP) is 2.73. The van der Waals surface area contributed by atoms with Crippen molar-refractivity contribution in [2.75, 3.05) is 13.1 Å². The van der Waals surface area contributed by atoms with Crippen molar-refractivity contribution in [3.63, 3.8) is 0 Å². The molecule has 3 N–H and O–H groups in total. The number of amides is 4. The first-order chi connectivity index (χ1) is 20.0. The van der Waals surface area contributed by atoms with Crippen LogP contribution in [-0.2, 0) is 19.2 Å². The number of nitrogens with zero attached hydrogens (tertiary/aromatic N) is 5. The molecule has 0 radical (unpaired) electrons. The second kappa shape index (κ2) is 11.5. The van der Waals surface area contributed by atoms with Crippen LogP contribution in [0.2, 0.25) is 0 Å². The van der Waals surface area contributed by atoms with Crippen LogP contribution in [0.3, 0.4) is 0 Å². The summed E-state index contributed by atoms with van der Waals surface area (Å²) in [4.78, 5) is 48.4. The van der Waals surface area contributed by atoms with Gasteiger partial charge in [-0.1, -0.05) is 0 Å². The van der Waals surface area contributed by atoms with Gasteiger partial charge >= 0.3 is 0 Å². The fraction of sp³-hybridized carbons (Fsp3) is 0.742. The Morgan fingerprint density at radius 2 is 1.07 bits per heavy atom. The van der Waals surface area contributed by atoms with E-state index in [1.807, 2.05) is 27.7 Å². The van der Waals surface area contributed by atoms with Crippen molar-refractivity contribution in [2.24, 2.45) is 11.8 Å². The van der Waals surface area contributed by atoms with Crippen LogP contribution in [0.1, 0.15) is 86.0 Å². The topological polar surface area (TPSA) is 145 Å². The maximum absolute atomic E-state index is 11.7. The Hall–Kier alpha value is -2.48. The van der Waals surface area contributed by atoms with Crippen LogP contribution in [0.4, 0.5) is 0 Å². The van der Waals surface area contributed by atoms with E-state index < -0.39 is 11.1 Å². The van der Waals surface area contributed by atoms with E-state index in [4.69, 9.17) is 5.21 Å². The smallest absolute Gasteiger partial charge is 0.253 e. The van der Waals surface area contributed by atoms with Crippen molar-refractivity contribution < 1.29 is 34.8 Å². The van der Waals surface area contributed by atoms with Crippen molar-refractivity contribution in [3.05, 3.63) is 24.3 Å². The molecule has 0 aromatic heterocycles. The van der Waals surface area contributed by atoms with Crippen LogP contribution in [0.25, 0.3) is 0 Å². The molecule has 3 atom stereocenters. The van der Waals surface area contributed by atoms with E-state index in [1.165, 1.54) is 71.3 Å². The minimum atomic E-state index is -0.463. The first kappa shape index (κ1) is 31.9. The van der Waals surface area contributed by atoms with Crippen LogP contribution >= 0.6 is 0 Å². The van der Waals surface area contributed by atoms with E-state index in [0.717, 1.165) is 16.9 Å². The Balaban J connectivity index is 0.000000131. The molecule has 4 bridgehead atoms. The highest BCUT2D eigenvalue weighted by Crippen LogP contribution is 2.53. The van der Waals surface area contributed by atoms with E-state index >= 15 is 0 Å². The van der Waals surface area contributed by atoms with E-state index in [1.54, 1.807) is 5.06 Å². The molecule has 3 unspecified atom stereocenters. The molecule has 6 heterocycles. The Morgan fingerprint density at radius 3 is 1.47 bits per heavy atom. The summed E-state index contributed by atoms with van der Waals surface area (Å²) in [6.45, 7) is 10.8. The van der Waals surface area contributed by atoms with Gasteiger partial charge in [-0.2, -0.15) is 15.2 Å². The molecule has 2 aliphatic carbocycles. The highest BCUT2D eigenvalue weighted by molar-refractivity contribution is 6.13. The Labute approximate surface area is 253 Å². The average molecular weight is 602 g/mol. The molecule has 4 amide bonds. The van der Waals surface area contributed by atoms with Crippen molar-refractivity contribution in [2.45, 2.75) is 121 Å². The van der Waals surface area contributed by atoms with Gasteiger partial charge in [-0.15, -0.1) is 0 Å². The third-order valence-corrected chi connectivity index (χ3v) is 10.4. The summed E-state index contributed by atoms with van der Waals surface area (Å²) in [6, 6.07) is 0.176. The fourth-order valence-electron chi connectivity index (χ4n) is 8.90. The van der Waals surface area contributed by atoms with Gasteiger partial charge in [-0.3, -0.25) is 29.0 Å². The van der Waals surface area contributed by atoms with Crippen LogP contribution in [0, 0.1) is 11.8 Å². The summed E-state index contributed by atoms with van der Waals surface area (Å²) in [5.74, 6) is 0.813. The molecule has 4 saturated heterocycles. The van der Waals surface area contributed by atoms with E-state index in [2.05, 4.69) is 6.92 Å². The van der Waals surface area contributed by atoms with Gasteiger partial charge in [0.2, 0.25) is 0 Å². The SMILES string of the molecule is CC1(C)CC(N2C(=O)C=CC2=O)CC(C)(C)N1O.CC12CC3CC(CC(C3)N1O)C2.O=C1C=CC(=O)N1C1CCN(O)C1. The van der Waals surface area contributed by atoms with Crippen molar-refractivity contribution in [1.82, 2.24) is 25.0 Å². The molecule has 12 heteroatoms. The molecule has 0 aromatic carbocycles. The number of hydrogen-bond donors (Lipinski definition) is 3. The van der Waals surface area contributed by atoms with Crippen LogP contribution in [0.15, 0.2) is 24.3 Å². The third kappa shape index (κ3) is 6.23. The molecular formula is C31H47N5O7. The van der Waals surface area contributed by atoms with Gasteiger partial charge in [0.1, 0.15) is 0 Å². The van der Waals surface area contributed by atoms with Gasteiger partial charge in [-0.05, 0) is 97.8 Å². The lowest BCUT2D eigenvalue weighted by atomic mass is 9.59. The number of hydroxylamine groups is 6. The first-order valence-corrected chi connectivity index (χ1v) is 15.5. The second-order valence-electron chi connectivity index (χ2n) is 15.0. The summed E-state index contributed by atoms with van der Waals surface area (Å²) >= 11 is 0. The molecule has 43 heavy (non-hydrogen) atoms. The molecule has 0 spiro atoms.